The van der Waals surface area contributed by atoms with Gasteiger partial charge in [-0.25, -0.2) is 0 Å². The van der Waals surface area contributed by atoms with Crippen LogP contribution in [0.4, 0.5) is 0 Å². The van der Waals surface area contributed by atoms with E-state index >= 15 is 0 Å². The van der Waals surface area contributed by atoms with Crippen molar-refractivity contribution >= 4 is 0 Å². The zero-order chi connectivity index (χ0) is 10.7. The van der Waals surface area contributed by atoms with Crippen LogP contribution in [0.2, 0.25) is 0 Å². The van der Waals surface area contributed by atoms with E-state index in [-0.39, 0.29) is 5.56 Å². The van der Waals surface area contributed by atoms with Gasteiger partial charge in [0, 0.05) is 12.3 Å². The molecule has 2 heterocycles. The molecule has 1 N–H and O–H groups in total. The average Bonchev–Trinajstić information content (AvgIpc) is 2.29. The van der Waals surface area contributed by atoms with Gasteiger partial charge < -0.3 is 4.98 Å². The molecule has 3 heteroatoms. The molecule has 2 aromatic rings. The summed E-state index contributed by atoms with van der Waals surface area (Å²) in [5.41, 5.74) is 2.64. The Morgan fingerprint density at radius 1 is 1.27 bits per heavy atom. The summed E-state index contributed by atoms with van der Waals surface area (Å²) >= 11 is 0. The fraction of sp³-hybridized carbons (Fsp3) is 0.167. The van der Waals surface area contributed by atoms with Crippen LogP contribution < -0.4 is 5.56 Å². The fourth-order valence-electron chi connectivity index (χ4n) is 1.39. The molecule has 0 fully saturated rings. The predicted octanol–water partition coefficient (Wildman–Crippen LogP) is 2.00. The van der Waals surface area contributed by atoms with Crippen molar-refractivity contribution in [2.24, 2.45) is 0 Å². The Bertz CT molecular complexity index is 500. The number of hydrogen-bond acceptors (Lipinski definition) is 2. The quantitative estimate of drug-likeness (QED) is 0.805. The SMILES string of the molecule is CCc1ccc(-c2cccc(=O)[nH]2)nc1. The second kappa shape index (κ2) is 4.09. The van der Waals surface area contributed by atoms with Crippen molar-refractivity contribution < 1.29 is 0 Å². The van der Waals surface area contributed by atoms with E-state index in [0.717, 1.165) is 17.8 Å². The van der Waals surface area contributed by atoms with Crippen molar-refractivity contribution in [3.63, 3.8) is 0 Å². The summed E-state index contributed by atoms with van der Waals surface area (Å²) in [5, 5.41) is 0. The van der Waals surface area contributed by atoms with Crippen molar-refractivity contribution in [2.75, 3.05) is 0 Å². The molecule has 15 heavy (non-hydrogen) atoms. The minimum atomic E-state index is -0.103. The van der Waals surface area contributed by atoms with Crippen molar-refractivity contribution in [1.29, 1.82) is 0 Å². The first-order valence-corrected chi connectivity index (χ1v) is 4.94. The Hall–Kier alpha value is -1.90. The van der Waals surface area contributed by atoms with Gasteiger partial charge in [-0.05, 0) is 24.1 Å². The predicted molar refractivity (Wildman–Crippen MR) is 59.7 cm³/mol. The molecule has 0 aliphatic rings. The maximum absolute atomic E-state index is 11.1. The van der Waals surface area contributed by atoms with E-state index in [0.29, 0.717) is 0 Å². The van der Waals surface area contributed by atoms with Gasteiger partial charge in [-0.1, -0.05) is 19.1 Å². The molecule has 0 saturated carbocycles. The van der Waals surface area contributed by atoms with Crippen molar-refractivity contribution in [3.05, 3.63) is 52.4 Å². The monoisotopic (exact) mass is 200 g/mol. The number of H-pyrrole nitrogens is 1. The number of aryl methyl sites for hydroxylation is 1. The first-order valence-electron chi connectivity index (χ1n) is 4.94. The van der Waals surface area contributed by atoms with Crippen molar-refractivity contribution in [3.8, 4) is 11.4 Å². The van der Waals surface area contributed by atoms with Crippen LogP contribution in [0.3, 0.4) is 0 Å². The number of nitrogens with zero attached hydrogens (tertiary/aromatic N) is 1. The molecule has 2 aromatic heterocycles. The molecule has 0 atom stereocenters. The van der Waals surface area contributed by atoms with Crippen LogP contribution in [0, 0.1) is 0 Å². The van der Waals surface area contributed by atoms with Crippen LogP contribution in [0.1, 0.15) is 12.5 Å². The van der Waals surface area contributed by atoms with Crippen LogP contribution in [-0.2, 0) is 6.42 Å². The molecular weight excluding hydrogens is 188 g/mol. The molecule has 0 unspecified atom stereocenters. The van der Waals surface area contributed by atoms with Crippen LogP contribution in [-0.4, -0.2) is 9.97 Å². The van der Waals surface area contributed by atoms with Gasteiger partial charge in [0.25, 0.3) is 0 Å². The van der Waals surface area contributed by atoms with E-state index in [1.807, 2.05) is 24.4 Å². The highest BCUT2D eigenvalue weighted by molar-refractivity contribution is 5.53. The lowest BCUT2D eigenvalue weighted by Gasteiger charge is -2.01. The van der Waals surface area contributed by atoms with Gasteiger partial charge >= 0.3 is 0 Å². The first-order chi connectivity index (χ1) is 7.29. The summed E-state index contributed by atoms with van der Waals surface area (Å²) in [6, 6.07) is 9.00. The molecule has 76 valence electrons. The molecule has 0 aliphatic heterocycles. The van der Waals surface area contributed by atoms with Gasteiger partial charge in [0.05, 0.1) is 11.4 Å². The highest BCUT2D eigenvalue weighted by Gasteiger charge is 1.99. The number of pyridine rings is 2. The molecule has 0 bridgehead atoms. The summed E-state index contributed by atoms with van der Waals surface area (Å²) in [6.45, 7) is 2.08. The largest absolute Gasteiger partial charge is 0.321 e. The maximum atomic E-state index is 11.1. The molecule has 0 aliphatic carbocycles. The zero-order valence-electron chi connectivity index (χ0n) is 8.53. The number of aromatic nitrogens is 2. The van der Waals surface area contributed by atoms with E-state index in [9.17, 15) is 4.79 Å². The number of aromatic amines is 1. The third-order valence-electron chi connectivity index (χ3n) is 2.28. The molecule has 0 saturated heterocycles. The number of rotatable bonds is 2. The average molecular weight is 200 g/mol. The highest BCUT2D eigenvalue weighted by Crippen LogP contribution is 2.12. The van der Waals surface area contributed by atoms with Gasteiger partial charge in [-0.15, -0.1) is 0 Å². The molecule has 0 amide bonds. The first kappa shape index (κ1) is 9.65. The lowest BCUT2D eigenvalue weighted by atomic mass is 10.2. The Morgan fingerprint density at radius 3 is 2.73 bits per heavy atom. The molecule has 3 nitrogen and oxygen atoms in total. The van der Waals surface area contributed by atoms with E-state index in [2.05, 4.69) is 16.9 Å². The minimum Gasteiger partial charge on any atom is -0.321 e. The second-order valence-corrected chi connectivity index (χ2v) is 3.33. The van der Waals surface area contributed by atoms with E-state index in [4.69, 9.17) is 0 Å². The van der Waals surface area contributed by atoms with Gasteiger partial charge in [0.1, 0.15) is 0 Å². The van der Waals surface area contributed by atoms with Gasteiger partial charge in [-0.2, -0.15) is 0 Å². The van der Waals surface area contributed by atoms with Gasteiger partial charge in [0.15, 0.2) is 0 Å². The maximum Gasteiger partial charge on any atom is 0.248 e. The van der Waals surface area contributed by atoms with Crippen LogP contribution in [0.15, 0.2) is 41.3 Å². The third-order valence-corrected chi connectivity index (χ3v) is 2.28. The lowest BCUT2D eigenvalue weighted by molar-refractivity contribution is 1.10. The molecule has 0 spiro atoms. The van der Waals surface area contributed by atoms with Crippen molar-refractivity contribution in [2.45, 2.75) is 13.3 Å². The third kappa shape index (κ3) is 2.13. The van der Waals surface area contributed by atoms with E-state index in [1.54, 1.807) is 6.07 Å². The lowest BCUT2D eigenvalue weighted by Crippen LogP contribution is -2.04. The summed E-state index contributed by atoms with van der Waals surface area (Å²) in [4.78, 5) is 18.1. The zero-order valence-corrected chi connectivity index (χ0v) is 8.53. The van der Waals surface area contributed by atoms with Crippen LogP contribution >= 0.6 is 0 Å². The Kier molecular flexibility index (Phi) is 2.63. The highest BCUT2D eigenvalue weighted by atomic mass is 16.1. The molecular formula is C12H12N2O. The summed E-state index contributed by atoms with van der Waals surface area (Å²) in [7, 11) is 0. The Balaban J connectivity index is 2.41. The molecule has 0 aromatic carbocycles. The van der Waals surface area contributed by atoms with E-state index < -0.39 is 0 Å². The second-order valence-electron chi connectivity index (χ2n) is 3.33. The topological polar surface area (TPSA) is 45.8 Å². The van der Waals surface area contributed by atoms with Crippen LogP contribution in [0.25, 0.3) is 11.4 Å². The summed E-state index contributed by atoms with van der Waals surface area (Å²) < 4.78 is 0. The number of nitrogens with one attached hydrogen (secondary N) is 1. The summed E-state index contributed by atoms with van der Waals surface area (Å²) in [6.07, 6.45) is 2.80. The smallest absolute Gasteiger partial charge is 0.248 e. The molecule has 0 radical (unpaired) electrons. The van der Waals surface area contributed by atoms with Gasteiger partial charge in [-0.3, -0.25) is 9.78 Å². The summed E-state index contributed by atoms with van der Waals surface area (Å²) in [5.74, 6) is 0. The standard InChI is InChI=1S/C12H12N2O/c1-2-9-6-7-10(13-8-9)11-4-3-5-12(15)14-11/h3-8H,2H2,1H3,(H,14,15). The Morgan fingerprint density at radius 2 is 2.13 bits per heavy atom. The molecule has 2 rings (SSSR count). The number of hydrogen-bond donors (Lipinski definition) is 1. The van der Waals surface area contributed by atoms with Crippen LogP contribution in [0.5, 0.6) is 0 Å². The van der Waals surface area contributed by atoms with Crippen molar-refractivity contribution in [1.82, 2.24) is 9.97 Å². The minimum absolute atomic E-state index is 0.103. The fourth-order valence-corrected chi connectivity index (χ4v) is 1.39. The normalized spacial score (nSPS) is 10.2. The van der Waals surface area contributed by atoms with E-state index in [1.165, 1.54) is 11.6 Å². The Labute approximate surface area is 87.8 Å². The van der Waals surface area contributed by atoms with Gasteiger partial charge in [0.2, 0.25) is 5.56 Å².